The summed E-state index contributed by atoms with van der Waals surface area (Å²) in [6.45, 7) is 0. The normalized spacial score (nSPS) is 11.9. The fraction of sp³-hybridized carbons (Fsp3) is 0.0286. The average Bonchev–Trinajstić information content (AvgIpc) is 3.88. The summed E-state index contributed by atoms with van der Waals surface area (Å²) >= 11 is 5.80. The van der Waals surface area contributed by atoms with Crippen LogP contribution in [-0.4, -0.2) is 22.7 Å². The van der Waals surface area contributed by atoms with E-state index in [-0.39, 0.29) is 17.5 Å². The van der Waals surface area contributed by atoms with Crippen molar-refractivity contribution in [2.45, 2.75) is 10.1 Å². The number of thiophene rings is 2. The number of aromatic nitrogens is 1. The monoisotopic (exact) mass is 678 g/mol. The second-order valence-electron chi connectivity index (χ2n) is 9.79. The molecule has 1 atom stereocenters. The van der Waals surface area contributed by atoms with Crippen LogP contribution in [0.4, 0.5) is 10.8 Å². The lowest BCUT2D eigenvalue weighted by molar-refractivity contribution is -0.116. The highest BCUT2D eigenvalue weighted by molar-refractivity contribution is 8.00. The highest BCUT2D eigenvalue weighted by Gasteiger charge is 2.24. The molecule has 0 saturated heterocycles. The number of hydrogen-bond donors (Lipinski definition) is 3. The number of carbonyl (C=O) groups excluding carboxylic acids is 3. The summed E-state index contributed by atoms with van der Waals surface area (Å²) in [5.41, 5.74) is 2.74. The Balaban J connectivity index is 1.19. The number of thiazole rings is 1. The number of nitrogens with zero attached hydrogens (tertiary/aromatic N) is 1. The first-order valence-corrected chi connectivity index (χ1v) is 17.6. The smallest absolute Gasteiger partial charge is 0.272 e. The zero-order chi connectivity index (χ0) is 31.7. The highest BCUT2D eigenvalue weighted by Crippen LogP contribution is 2.38. The SMILES string of the molecule is O=C(Nc1cccc(SC(C(=O)Nc2nc(-c3cccs3)cs2)c2ccccc2)c1)/C(=C/c1cccs1)NC(=O)c1ccccc1. The van der Waals surface area contributed by atoms with Crippen molar-refractivity contribution in [3.05, 3.63) is 147 Å². The molecule has 3 amide bonds. The van der Waals surface area contributed by atoms with Crippen molar-refractivity contribution in [2.24, 2.45) is 0 Å². The Morgan fingerprint density at radius 3 is 2.26 bits per heavy atom. The van der Waals surface area contributed by atoms with Crippen molar-refractivity contribution in [2.75, 3.05) is 10.6 Å². The Morgan fingerprint density at radius 2 is 1.52 bits per heavy atom. The Kier molecular flexibility index (Phi) is 10.2. The maximum Gasteiger partial charge on any atom is 0.272 e. The molecule has 0 radical (unpaired) electrons. The molecule has 0 aliphatic heterocycles. The third-order valence-corrected chi connectivity index (χ3v) is 10.3. The lowest BCUT2D eigenvalue weighted by atomic mass is 10.1. The van der Waals surface area contributed by atoms with E-state index in [4.69, 9.17) is 0 Å². The van der Waals surface area contributed by atoms with Gasteiger partial charge in [0.1, 0.15) is 10.9 Å². The highest BCUT2D eigenvalue weighted by atomic mass is 32.2. The molecule has 0 spiro atoms. The average molecular weight is 679 g/mol. The van der Waals surface area contributed by atoms with E-state index in [1.54, 1.807) is 47.7 Å². The zero-order valence-electron chi connectivity index (χ0n) is 24.1. The van der Waals surface area contributed by atoms with Crippen LogP contribution in [0.1, 0.15) is 26.0 Å². The Bertz CT molecular complexity index is 1960. The number of carbonyl (C=O) groups is 3. The standard InChI is InChI=1S/C35H26N4O3S4/c40-32(24-12-5-2-6-13-24)37-28(21-26-16-8-18-43-26)33(41)36-25-14-7-15-27(20-25)46-31(23-10-3-1-4-11-23)34(42)39-35-38-29(22-45-35)30-17-9-19-44-30/h1-22,31H,(H,36,41)(H,37,40)(H,38,39,42)/b28-21-. The van der Waals surface area contributed by atoms with E-state index in [1.807, 2.05) is 95.0 Å². The van der Waals surface area contributed by atoms with Crippen LogP contribution in [0.25, 0.3) is 16.6 Å². The molecule has 0 saturated carbocycles. The lowest BCUT2D eigenvalue weighted by Gasteiger charge is -2.17. The number of anilines is 2. The van der Waals surface area contributed by atoms with E-state index in [9.17, 15) is 14.4 Å². The number of nitrogens with one attached hydrogen (secondary N) is 3. The molecule has 1 unspecified atom stereocenters. The number of thioether (sulfide) groups is 1. The number of rotatable bonds is 11. The van der Waals surface area contributed by atoms with Crippen LogP contribution in [0.2, 0.25) is 0 Å². The van der Waals surface area contributed by atoms with Crippen molar-refractivity contribution in [3.8, 4) is 10.6 Å². The van der Waals surface area contributed by atoms with Crippen LogP contribution in [0.3, 0.4) is 0 Å². The molecule has 3 N–H and O–H groups in total. The van der Waals surface area contributed by atoms with E-state index in [2.05, 4.69) is 20.9 Å². The van der Waals surface area contributed by atoms with Gasteiger partial charge < -0.3 is 16.0 Å². The van der Waals surface area contributed by atoms with Gasteiger partial charge in [-0.05, 0) is 64.9 Å². The number of amides is 3. The van der Waals surface area contributed by atoms with E-state index in [0.717, 1.165) is 25.9 Å². The first-order chi connectivity index (χ1) is 22.5. The molecule has 0 bridgehead atoms. The van der Waals surface area contributed by atoms with Crippen molar-refractivity contribution in [1.29, 1.82) is 0 Å². The van der Waals surface area contributed by atoms with Gasteiger partial charge in [-0.2, -0.15) is 0 Å². The first-order valence-electron chi connectivity index (χ1n) is 14.1. The molecular weight excluding hydrogens is 653 g/mol. The van der Waals surface area contributed by atoms with Crippen LogP contribution in [0.15, 0.2) is 136 Å². The van der Waals surface area contributed by atoms with Crippen LogP contribution < -0.4 is 16.0 Å². The molecule has 0 fully saturated rings. The van der Waals surface area contributed by atoms with E-state index < -0.39 is 11.2 Å². The molecule has 11 heteroatoms. The molecule has 228 valence electrons. The van der Waals surface area contributed by atoms with Gasteiger partial charge in [0.2, 0.25) is 5.91 Å². The fourth-order valence-electron chi connectivity index (χ4n) is 4.38. The van der Waals surface area contributed by atoms with Crippen LogP contribution >= 0.6 is 45.8 Å². The number of hydrogen-bond acceptors (Lipinski definition) is 8. The van der Waals surface area contributed by atoms with Gasteiger partial charge in [-0.15, -0.1) is 45.8 Å². The zero-order valence-corrected chi connectivity index (χ0v) is 27.3. The Labute approximate surface area is 282 Å². The minimum absolute atomic E-state index is 0.112. The molecule has 7 nitrogen and oxygen atoms in total. The predicted molar refractivity (Wildman–Crippen MR) is 190 cm³/mol. The van der Waals surface area contributed by atoms with Crippen molar-refractivity contribution >= 4 is 80.4 Å². The third-order valence-electron chi connectivity index (χ3n) is 6.55. The minimum Gasteiger partial charge on any atom is -0.321 e. The fourth-order valence-corrected chi connectivity index (χ4v) is 7.60. The predicted octanol–water partition coefficient (Wildman–Crippen LogP) is 8.81. The van der Waals surface area contributed by atoms with Crippen LogP contribution in [-0.2, 0) is 9.59 Å². The minimum atomic E-state index is -0.583. The summed E-state index contributed by atoms with van der Waals surface area (Å²) < 4.78 is 0. The van der Waals surface area contributed by atoms with Crippen molar-refractivity contribution < 1.29 is 14.4 Å². The van der Waals surface area contributed by atoms with Gasteiger partial charge >= 0.3 is 0 Å². The molecule has 6 aromatic rings. The summed E-state index contributed by atoms with van der Waals surface area (Å²) in [6, 6.07) is 33.3. The summed E-state index contributed by atoms with van der Waals surface area (Å²) in [7, 11) is 0. The summed E-state index contributed by atoms with van der Waals surface area (Å²) in [5, 5.41) is 14.4. The molecule has 3 heterocycles. The second-order valence-corrected chi connectivity index (χ2v) is 13.8. The molecule has 0 aliphatic carbocycles. The summed E-state index contributed by atoms with van der Waals surface area (Å²) in [5.74, 6) is -1.06. The maximum atomic E-state index is 13.7. The van der Waals surface area contributed by atoms with Gasteiger partial charge in [-0.1, -0.05) is 66.7 Å². The van der Waals surface area contributed by atoms with Gasteiger partial charge in [0.25, 0.3) is 11.8 Å². The van der Waals surface area contributed by atoms with E-state index in [1.165, 1.54) is 34.4 Å². The molecule has 3 aromatic carbocycles. The Morgan fingerprint density at radius 1 is 0.761 bits per heavy atom. The summed E-state index contributed by atoms with van der Waals surface area (Å²) in [6.07, 6.45) is 1.65. The van der Waals surface area contributed by atoms with Gasteiger partial charge in [0.15, 0.2) is 5.13 Å². The Hall–Kier alpha value is -4.81. The van der Waals surface area contributed by atoms with Crippen LogP contribution in [0, 0.1) is 0 Å². The second kappa shape index (κ2) is 15.0. The molecule has 46 heavy (non-hydrogen) atoms. The van der Waals surface area contributed by atoms with Gasteiger partial charge in [-0.3, -0.25) is 14.4 Å². The van der Waals surface area contributed by atoms with Crippen molar-refractivity contribution in [3.63, 3.8) is 0 Å². The van der Waals surface area contributed by atoms with E-state index >= 15 is 0 Å². The van der Waals surface area contributed by atoms with Gasteiger partial charge in [0, 0.05) is 26.4 Å². The molecule has 6 rings (SSSR count). The van der Waals surface area contributed by atoms with Crippen molar-refractivity contribution in [1.82, 2.24) is 10.3 Å². The summed E-state index contributed by atoms with van der Waals surface area (Å²) in [4.78, 5) is 47.3. The maximum absolute atomic E-state index is 13.7. The van der Waals surface area contributed by atoms with Gasteiger partial charge in [-0.25, -0.2) is 4.98 Å². The molecule has 0 aliphatic rings. The van der Waals surface area contributed by atoms with Crippen LogP contribution in [0.5, 0.6) is 0 Å². The number of benzene rings is 3. The lowest BCUT2D eigenvalue weighted by Crippen LogP contribution is -2.30. The van der Waals surface area contributed by atoms with E-state index in [0.29, 0.717) is 16.4 Å². The topological polar surface area (TPSA) is 100 Å². The first kappa shape index (κ1) is 31.2. The quantitative estimate of drug-likeness (QED) is 0.0940. The third kappa shape index (κ3) is 8.06. The van der Waals surface area contributed by atoms with Gasteiger partial charge in [0.05, 0.1) is 10.6 Å². The molecular formula is C35H26N4O3S4. The largest absolute Gasteiger partial charge is 0.321 e. The molecule has 3 aromatic heterocycles.